The number of carbonyl (C=O) groups is 1. The second-order valence-corrected chi connectivity index (χ2v) is 8.57. The van der Waals surface area contributed by atoms with E-state index in [1.54, 1.807) is 25.8 Å². The van der Waals surface area contributed by atoms with Gasteiger partial charge in [0.15, 0.2) is 0 Å². The molecule has 1 aliphatic heterocycles. The molecular formula is C18H29N3O3S. The highest BCUT2D eigenvalue weighted by atomic mass is 32.2. The van der Waals surface area contributed by atoms with Crippen molar-refractivity contribution in [3.63, 3.8) is 0 Å². The summed E-state index contributed by atoms with van der Waals surface area (Å²) in [6.45, 7) is 7.49. The maximum atomic E-state index is 12.6. The summed E-state index contributed by atoms with van der Waals surface area (Å²) in [4.78, 5) is 14.4. The van der Waals surface area contributed by atoms with Crippen molar-refractivity contribution in [2.24, 2.45) is 0 Å². The molecule has 1 fully saturated rings. The van der Waals surface area contributed by atoms with Crippen LogP contribution in [-0.4, -0.2) is 51.9 Å². The number of nitrogens with one attached hydrogen (secondary N) is 2. The Labute approximate surface area is 151 Å². The van der Waals surface area contributed by atoms with Crippen LogP contribution in [0.2, 0.25) is 0 Å². The van der Waals surface area contributed by atoms with Crippen molar-refractivity contribution < 1.29 is 13.2 Å². The minimum absolute atomic E-state index is 0.0213. The molecule has 6 nitrogen and oxygen atoms in total. The molecule has 0 bridgehead atoms. The summed E-state index contributed by atoms with van der Waals surface area (Å²) in [5.41, 5.74) is 2.49. The van der Waals surface area contributed by atoms with E-state index in [-0.39, 0.29) is 24.9 Å². The van der Waals surface area contributed by atoms with Crippen LogP contribution >= 0.6 is 0 Å². The van der Waals surface area contributed by atoms with E-state index >= 15 is 0 Å². The molecule has 7 heteroatoms. The highest BCUT2D eigenvalue weighted by molar-refractivity contribution is 7.89. The van der Waals surface area contributed by atoms with Crippen molar-refractivity contribution in [3.05, 3.63) is 28.8 Å². The van der Waals surface area contributed by atoms with Crippen molar-refractivity contribution in [3.8, 4) is 0 Å². The Hall–Kier alpha value is -1.44. The van der Waals surface area contributed by atoms with Crippen molar-refractivity contribution in [2.75, 3.05) is 26.7 Å². The topological polar surface area (TPSA) is 78.5 Å². The number of carbonyl (C=O) groups excluding carboxylic acids is 1. The fraction of sp³-hybridized carbons (Fsp3) is 0.611. The summed E-state index contributed by atoms with van der Waals surface area (Å²) in [6.07, 6.45) is 2.05. The summed E-state index contributed by atoms with van der Waals surface area (Å²) >= 11 is 0. The first kappa shape index (κ1) is 19.9. The maximum Gasteiger partial charge on any atom is 0.241 e. The standard InChI is InChI=1S/C18H29N3O3S/c1-13-11-14(2)18(15(3)12-13)25(23,24)20-10-7-17(22)21(4)16-5-8-19-9-6-16/h11-12,16,19-20H,5-10H2,1-4H3. The summed E-state index contributed by atoms with van der Waals surface area (Å²) in [5.74, 6) is -0.0213. The van der Waals surface area contributed by atoms with E-state index in [1.165, 1.54) is 0 Å². The number of aryl methyl sites for hydroxylation is 3. The first-order valence-corrected chi connectivity index (χ1v) is 10.2. The first-order valence-electron chi connectivity index (χ1n) is 8.76. The van der Waals surface area contributed by atoms with Gasteiger partial charge in [-0.2, -0.15) is 0 Å². The van der Waals surface area contributed by atoms with Crippen molar-refractivity contribution in [1.29, 1.82) is 0 Å². The van der Waals surface area contributed by atoms with Gasteiger partial charge in [-0.15, -0.1) is 0 Å². The minimum Gasteiger partial charge on any atom is -0.343 e. The second kappa shape index (κ2) is 8.29. The predicted octanol–water partition coefficient (Wildman–Crippen LogP) is 1.49. The lowest BCUT2D eigenvalue weighted by Gasteiger charge is -2.31. The highest BCUT2D eigenvalue weighted by Gasteiger charge is 2.23. The Morgan fingerprint density at radius 3 is 2.32 bits per heavy atom. The second-order valence-electron chi connectivity index (χ2n) is 6.86. The fourth-order valence-electron chi connectivity index (χ4n) is 3.53. The quantitative estimate of drug-likeness (QED) is 0.798. The zero-order valence-corrected chi connectivity index (χ0v) is 16.4. The molecule has 2 N–H and O–H groups in total. The molecular weight excluding hydrogens is 338 g/mol. The van der Waals surface area contributed by atoms with Gasteiger partial charge >= 0.3 is 0 Å². The molecule has 1 aromatic carbocycles. The Balaban J connectivity index is 1.95. The number of rotatable bonds is 6. The van der Waals surface area contributed by atoms with Gasteiger partial charge in [0.25, 0.3) is 0 Å². The third-order valence-electron chi connectivity index (χ3n) is 4.75. The molecule has 25 heavy (non-hydrogen) atoms. The van der Waals surface area contributed by atoms with Gasteiger partial charge in [-0.1, -0.05) is 17.7 Å². The normalized spacial score (nSPS) is 16.0. The van der Waals surface area contributed by atoms with Gasteiger partial charge in [-0.05, 0) is 57.8 Å². The number of sulfonamides is 1. The van der Waals surface area contributed by atoms with E-state index < -0.39 is 10.0 Å². The zero-order chi connectivity index (χ0) is 18.6. The van der Waals surface area contributed by atoms with Gasteiger partial charge in [-0.25, -0.2) is 13.1 Å². The molecule has 1 amide bonds. The number of hydrogen-bond acceptors (Lipinski definition) is 4. The van der Waals surface area contributed by atoms with E-state index in [9.17, 15) is 13.2 Å². The Morgan fingerprint density at radius 2 is 1.76 bits per heavy atom. The Bertz CT molecular complexity index is 702. The lowest BCUT2D eigenvalue weighted by atomic mass is 10.1. The Kier molecular flexibility index (Phi) is 6.59. The van der Waals surface area contributed by atoms with Crippen molar-refractivity contribution in [1.82, 2.24) is 14.9 Å². The van der Waals surface area contributed by atoms with Crippen LogP contribution in [0.3, 0.4) is 0 Å². The number of nitrogens with zero attached hydrogens (tertiary/aromatic N) is 1. The molecule has 1 aromatic rings. The SMILES string of the molecule is Cc1cc(C)c(S(=O)(=O)NCCC(=O)N(C)C2CCNCC2)c(C)c1. The van der Waals surface area contributed by atoms with Crippen LogP contribution in [0.5, 0.6) is 0 Å². The van der Waals surface area contributed by atoms with E-state index in [2.05, 4.69) is 10.0 Å². The van der Waals surface area contributed by atoms with Crippen LogP contribution < -0.4 is 10.0 Å². The largest absolute Gasteiger partial charge is 0.343 e. The molecule has 0 atom stereocenters. The van der Waals surface area contributed by atoms with Crippen molar-refractivity contribution in [2.45, 2.75) is 51.0 Å². The van der Waals surface area contributed by atoms with E-state index in [0.29, 0.717) is 4.90 Å². The van der Waals surface area contributed by atoms with Crippen LogP contribution in [0.25, 0.3) is 0 Å². The summed E-state index contributed by atoms with van der Waals surface area (Å²) in [7, 11) is -1.81. The number of piperidine rings is 1. The van der Waals surface area contributed by atoms with E-state index in [0.717, 1.165) is 42.6 Å². The van der Waals surface area contributed by atoms with E-state index in [4.69, 9.17) is 0 Å². The molecule has 0 unspecified atom stereocenters. The van der Waals surface area contributed by atoms with E-state index in [1.807, 2.05) is 19.1 Å². The molecule has 0 saturated carbocycles. The molecule has 2 rings (SSSR count). The van der Waals surface area contributed by atoms with Gasteiger partial charge in [0.1, 0.15) is 0 Å². The summed E-state index contributed by atoms with van der Waals surface area (Å²) in [6, 6.07) is 3.96. The zero-order valence-electron chi connectivity index (χ0n) is 15.6. The molecule has 0 aliphatic carbocycles. The van der Waals surface area contributed by atoms with Crippen LogP contribution in [0, 0.1) is 20.8 Å². The van der Waals surface area contributed by atoms with Crippen LogP contribution in [0.4, 0.5) is 0 Å². The third-order valence-corrected chi connectivity index (χ3v) is 6.52. The lowest BCUT2D eigenvalue weighted by Crippen LogP contribution is -2.44. The average Bonchev–Trinajstić information content (AvgIpc) is 2.53. The highest BCUT2D eigenvalue weighted by Crippen LogP contribution is 2.21. The monoisotopic (exact) mass is 367 g/mol. The minimum atomic E-state index is -3.62. The molecule has 140 valence electrons. The van der Waals surface area contributed by atoms with Gasteiger partial charge in [0.05, 0.1) is 4.90 Å². The summed E-state index contributed by atoms with van der Waals surface area (Å²) < 4.78 is 27.8. The number of amides is 1. The average molecular weight is 368 g/mol. The smallest absolute Gasteiger partial charge is 0.241 e. The Morgan fingerprint density at radius 1 is 1.20 bits per heavy atom. The van der Waals surface area contributed by atoms with Crippen LogP contribution in [0.15, 0.2) is 17.0 Å². The maximum absolute atomic E-state index is 12.6. The van der Waals surface area contributed by atoms with Gasteiger partial charge in [0, 0.05) is 26.1 Å². The molecule has 0 spiro atoms. The molecule has 0 radical (unpaired) electrons. The predicted molar refractivity (Wildman–Crippen MR) is 99.1 cm³/mol. The van der Waals surface area contributed by atoms with Gasteiger partial charge in [-0.3, -0.25) is 4.79 Å². The number of hydrogen-bond donors (Lipinski definition) is 2. The lowest BCUT2D eigenvalue weighted by molar-refractivity contribution is -0.132. The van der Waals surface area contributed by atoms with Gasteiger partial charge in [0.2, 0.25) is 15.9 Å². The van der Waals surface area contributed by atoms with Crippen LogP contribution in [0.1, 0.15) is 36.0 Å². The molecule has 1 saturated heterocycles. The van der Waals surface area contributed by atoms with Crippen molar-refractivity contribution >= 4 is 15.9 Å². The third kappa shape index (κ3) is 5.03. The van der Waals surface area contributed by atoms with Crippen LogP contribution in [-0.2, 0) is 14.8 Å². The molecule has 1 aliphatic rings. The molecule has 0 aromatic heterocycles. The summed E-state index contributed by atoms with van der Waals surface area (Å²) in [5, 5.41) is 3.27. The first-order chi connectivity index (χ1) is 11.7. The molecule has 1 heterocycles. The number of benzene rings is 1. The van der Waals surface area contributed by atoms with Gasteiger partial charge < -0.3 is 10.2 Å². The fourth-order valence-corrected chi connectivity index (χ4v) is 5.01.